The minimum Gasteiger partial charge on any atom is -0.390 e. The van der Waals surface area contributed by atoms with Crippen molar-refractivity contribution in [3.8, 4) is 0 Å². The number of hydrogen-bond acceptors (Lipinski definition) is 2. The SMILES string of the molecule is C/C=C\C(=C/C)c1ccc(CO)nc1.CC.CC. The molecule has 0 saturated heterocycles. The molecule has 0 aliphatic carbocycles. The molecule has 0 aliphatic heterocycles. The van der Waals surface area contributed by atoms with Crippen LogP contribution < -0.4 is 0 Å². The van der Waals surface area contributed by atoms with E-state index < -0.39 is 0 Å². The first-order valence-electron chi connectivity index (χ1n) is 6.67. The number of hydrogen-bond donors (Lipinski definition) is 1. The van der Waals surface area contributed by atoms with E-state index in [9.17, 15) is 0 Å². The van der Waals surface area contributed by atoms with Gasteiger partial charge in [0, 0.05) is 6.20 Å². The Morgan fingerprint density at radius 3 is 2.11 bits per heavy atom. The number of aliphatic hydroxyl groups is 1. The molecule has 0 aromatic carbocycles. The second kappa shape index (κ2) is 13.7. The van der Waals surface area contributed by atoms with Crippen LogP contribution in [0.2, 0.25) is 0 Å². The van der Waals surface area contributed by atoms with E-state index in [2.05, 4.69) is 4.98 Å². The molecule has 18 heavy (non-hydrogen) atoms. The third-order valence-corrected chi connectivity index (χ3v) is 1.98. The predicted molar refractivity (Wildman–Crippen MR) is 81.3 cm³/mol. The van der Waals surface area contributed by atoms with Crippen molar-refractivity contribution in [2.24, 2.45) is 0 Å². The molecule has 0 fully saturated rings. The molecule has 1 N–H and O–H groups in total. The molecule has 0 atom stereocenters. The number of aromatic nitrogens is 1. The van der Waals surface area contributed by atoms with E-state index >= 15 is 0 Å². The van der Waals surface area contributed by atoms with Gasteiger partial charge in [-0.15, -0.1) is 0 Å². The Morgan fingerprint density at radius 1 is 1.17 bits per heavy atom. The zero-order valence-electron chi connectivity index (χ0n) is 12.6. The molecule has 2 heteroatoms. The molecular weight excluding hydrogens is 222 g/mol. The highest BCUT2D eigenvalue weighted by Gasteiger charge is 1.97. The van der Waals surface area contributed by atoms with Gasteiger partial charge < -0.3 is 5.11 Å². The summed E-state index contributed by atoms with van der Waals surface area (Å²) >= 11 is 0. The summed E-state index contributed by atoms with van der Waals surface area (Å²) in [7, 11) is 0. The first-order valence-corrected chi connectivity index (χ1v) is 6.67. The minimum absolute atomic E-state index is 0.00489. The van der Waals surface area contributed by atoms with Crippen LogP contribution in [0.25, 0.3) is 5.57 Å². The van der Waals surface area contributed by atoms with Crippen molar-refractivity contribution in [3.05, 3.63) is 47.8 Å². The molecule has 2 nitrogen and oxygen atoms in total. The second-order valence-corrected chi connectivity index (χ2v) is 2.94. The molecule has 102 valence electrons. The molecule has 0 radical (unpaired) electrons. The minimum atomic E-state index is -0.00489. The Kier molecular flexibility index (Phi) is 14.4. The summed E-state index contributed by atoms with van der Waals surface area (Å²) in [6, 6.07) is 3.80. The van der Waals surface area contributed by atoms with Gasteiger partial charge in [0.1, 0.15) is 0 Å². The maximum absolute atomic E-state index is 8.84. The van der Waals surface area contributed by atoms with Gasteiger partial charge in [0.15, 0.2) is 0 Å². The zero-order valence-corrected chi connectivity index (χ0v) is 12.6. The standard InChI is InChI=1S/C12H15NO.2C2H6/c1-3-5-10(4-2)11-6-7-12(9-14)13-8-11;2*1-2/h3-8,14H,9H2,1-2H3;2*1-2H3/b5-3-,10-4+;;. The van der Waals surface area contributed by atoms with Gasteiger partial charge in [-0.05, 0) is 31.1 Å². The van der Waals surface area contributed by atoms with E-state index in [4.69, 9.17) is 5.11 Å². The van der Waals surface area contributed by atoms with Crippen molar-refractivity contribution >= 4 is 5.57 Å². The van der Waals surface area contributed by atoms with E-state index in [1.54, 1.807) is 6.20 Å². The molecule has 1 rings (SSSR count). The lowest BCUT2D eigenvalue weighted by molar-refractivity contribution is 0.277. The van der Waals surface area contributed by atoms with E-state index in [0.29, 0.717) is 5.69 Å². The fourth-order valence-corrected chi connectivity index (χ4v) is 1.23. The van der Waals surface area contributed by atoms with Crippen molar-refractivity contribution < 1.29 is 5.11 Å². The number of pyridine rings is 1. The third-order valence-electron chi connectivity index (χ3n) is 1.98. The Hall–Kier alpha value is -1.41. The fraction of sp³-hybridized carbons (Fsp3) is 0.438. The summed E-state index contributed by atoms with van der Waals surface area (Å²) in [5.41, 5.74) is 2.91. The molecule has 0 saturated carbocycles. The number of rotatable bonds is 3. The molecule has 0 aliphatic rings. The van der Waals surface area contributed by atoms with Gasteiger partial charge in [-0.2, -0.15) is 0 Å². The van der Waals surface area contributed by atoms with E-state index in [1.165, 1.54) is 0 Å². The average Bonchev–Trinajstić information content (AvgIpc) is 2.49. The number of allylic oxidation sites excluding steroid dienone is 4. The van der Waals surface area contributed by atoms with Crippen molar-refractivity contribution in [2.45, 2.75) is 48.1 Å². The van der Waals surface area contributed by atoms with Crippen LogP contribution in [0.1, 0.15) is 52.8 Å². The zero-order chi connectivity index (χ0) is 14.4. The molecule has 0 unspecified atom stereocenters. The van der Waals surface area contributed by atoms with Gasteiger partial charge in [-0.1, -0.05) is 52.0 Å². The third kappa shape index (κ3) is 7.02. The van der Waals surface area contributed by atoms with Gasteiger partial charge in [-0.3, -0.25) is 4.98 Å². The lowest BCUT2D eigenvalue weighted by Gasteiger charge is -2.02. The van der Waals surface area contributed by atoms with Gasteiger partial charge in [0.05, 0.1) is 12.3 Å². The van der Waals surface area contributed by atoms with Gasteiger partial charge in [-0.25, -0.2) is 0 Å². The maximum atomic E-state index is 8.84. The maximum Gasteiger partial charge on any atom is 0.0852 e. The normalized spacial score (nSPS) is 10.3. The quantitative estimate of drug-likeness (QED) is 0.794. The molecule has 0 spiro atoms. The Balaban J connectivity index is 0. The monoisotopic (exact) mass is 249 g/mol. The van der Waals surface area contributed by atoms with Gasteiger partial charge >= 0.3 is 0 Å². The molecule has 1 aromatic heterocycles. The van der Waals surface area contributed by atoms with Crippen molar-refractivity contribution in [3.63, 3.8) is 0 Å². The smallest absolute Gasteiger partial charge is 0.0852 e. The summed E-state index contributed by atoms with van der Waals surface area (Å²) in [4.78, 5) is 4.12. The second-order valence-electron chi connectivity index (χ2n) is 2.94. The van der Waals surface area contributed by atoms with Crippen molar-refractivity contribution in [1.29, 1.82) is 0 Å². The lowest BCUT2D eigenvalue weighted by Crippen LogP contribution is -1.90. The van der Waals surface area contributed by atoms with Gasteiger partial charge in [0.2, 0.25) is 0 Å². The molecular formula is C16H27NO. The summed E-state index contributed by atoms with van der Waals surface area (Å²) in [6.45, 7) is 12.0. The van der Waals surface area contributed by atoms with Crippen molar-refractivity contribution in [2.75, 3.05) is 0 Å². The number of aliphatic hydroxyl groups excluding tert-OH is 1. The highest BCUT2D eigenvalue weighted by molar-refractivity contribution is 5.73. The van der Waals surface area contributed by atoms with Crippen LogP contribution in [-0.4, -0.2) is 10.1 Å². The van der Waals surface area contributed by atoms with Crippen molar-refractivity contribution in [1.82, 2.24) is 4.98 Å². The molecule has 1 heterocycles. The molecule has 0 bridgehead atoms. The van der Waals surface area contributed by atoms with E-state index in [-0.39, 0.29) is 6.61 Å². The van der Waals surface area contributed by atoms with E-state index in [0.717, 1.165) is 11.1 Å². The summed E-state index contributed by atoms with van der Waals surface area (Å²) in [5, 5.41) is 8.84. The highest BCUT2D eigenvalue weighted by atomic mass is 16.3. The summed E-state index contributed by atoms with van der Waals surface area (Å²) < 4.78 is 0. The van der Waals surface area contributed by atoms with Crippen LogP contribution in [0.4, 0.5) is 0 Å². The van der Waals surface area contributed by atoms with Crippen LogP contribution in [0.5, 0.6) is 0 Å². The highest BCUT2D eigenvalue weighted by Crippen LogP contribution is 2.14. The number of nitrogens with zero attached hydrogens (tertiary/aromatic N) is 1. The van der Waals surface area contributed by atoms with Crippen LogP contribution in [0, 0.1) is 0 Å². The van der Waals surface area contributed by atoms with Crippen LogP contribution in [0.15, 0.2) is 36.6 Å². The Labute approximate surface area is 112 Å². The molecule has 1 aromatic rings. The van der Waals surface area contributed by atoms with Gasteiger partial charge in [0.25, 0.3) is 0 Å². The summed E-state index contributed by atoms with van der Waals surface area (Å²) in [5.74, 6) is 0. The fourth-order valence-electron chi connectivity index (χ4n) is 1.23. The first-order chi connectivity index (χ1) is 8.81. The van der Waals surface area contributed by atoms with E-state index in [1.807, 2.05) is 71.9 Å². The largest absolute Gasteiger partial charge is 0.390 e. The molecule has 0 amide bonds. The average molecular weight is 249 g/mol. The lowest BCUT2D eigenvalue weighted by atomic mass is 10.1. The Morgan fingerprint density at radius 2 is 1.78 bits per heavy atom. The van der Waals surface area contributed by atoms with Crippen LogP contribution >= 0.6 is 0 Å². The van der Waals surface area contributed by atoms with Crippen LogP contribution in [0.3, 0.4) is 0 Å². The first kappa shape index (κ1) is 18.9. The van der Waals surface area contributed by atoms with Crippen LogP contribution in [-0.2, 0) is 6.61 Å². The Bertz CT molecular complexity index is 337. The topological polar surface area (TPSA) is 33.1 Å². The predicted octanol–water partition coefficient (Wildman–Crippen LogP) is 4.61. The summed E-state index contributed by atoms with van der Waals surface area (Å²) in [6.07, 6.45) is 7.85.